The minimum atomic E-state index is -2.56. The highest BCUT2D eigenvalue weighted by Crippen LogP contribution is 2.52. The topological polar surface area (TPSA) is 171 Å². The van der Waals surface area contributed by atoms with E-state index in [0.717, 1.165) is 5.56 Å². The van der Waals surface area contributed by atoms with Gasteiger partial charge < -0.3 is 26.2 Å². The van der Waals surface area contributed by atoms with Crippen molar-refractivity contribution in [2.24, 2.45) is 17.6 Å². The Morgan fingerprint density at radius 1 is 1.12 bits per heavy atom. The van der Waals surface area contributed by atoms with Crippen molar-refractivity contribution in [2.45, 2.75) is 24.9 Å². The van der Waals surface area contributed by atoms with Crippen molar-refractivity contribution in [3.63, 3.8) is 0 Å². The van der Waals surface area contributed by atoms with Crippen LogP contribution in [0.1, 0.15) is 24.0 Å². The largest absolute Gasteiger partial charge is 0.508 e. The summed E-state index contributed by atoms with van der Waals surface area (Å²) in [5, 5.41) is 43.5. The summed E-state index contributed by atoms with van der Waals surface area (Å²) >= 11 is 0. The number of fused-ring (bicyclic) bond motifs is 3. The number of benzene rings is 1. The maximum Gasteiger partial charge on any atom is 0.255 e. The number of amides is 1. The van der Waals surface area contributed by atoms with Crippen LogP contribution in [0.2, 0.25) is 0 Å². The number of nitrogens with zero attached hydrogens (tertiary/aromatic N) is 1. The second kappa shape index (κ2) is 7.01. The monoisotopic (exact) mass is 448 g/mol. The van der Waals surface area contributed by atoms with E-state index in [0.29, 0.717) is 11.1 Å². The quantitative estimate of drug-likeness (QED) is 0.430. The molecule has 0 spiro atoms. The molecule has 1 aromatic heterocycles. The van der Waals surface area contributed by atoms with Gasteiger partial charge in [-0.1, -0.05) is 12.1 Å². The fraction of sp³-hybridized carbons (Fsp3) is 0.250. The van der Waals surface area contributed by atoms with Crippen LogP contribution in [0.25, 0.3) is 16.9 Å². The molecule has 3 unspecified atom stereocenters. The highest BCUT2D eigenvalue weighted by atomic mass is 16.3. The van der Waals surface area contributed by atoms with Crippen molar-refractivity contribution >= 4 is 23.2 Å². The van der Waals surface area contributed by atoms with E-state index in [1.807, 2.05) is 6.07 Å². The summed E-state index contributed by atoms with van der Waals surface area (Å²) in [6.07, 6.45) is 3.24. The van der Waals surface area contributed by atoms with Gasteiger partial charge in [0.1, 0.15) is 22.8 Å². The number of aliphatic hydroxyl groups is 3. The zero-order valence-electron chi connectivity index (χ0n) is 17.3. The smallest absolute Gasteiger partial charge is 0.255 e. The standard InChI is InChI=1S/C24H20N2O7/c25-23(32)19-16(28)8-12-6-11-7-14-13(10-2-1-5-26-9-10)3-4-15(27)18(14)20(29)17(11)21(30)24(12,33)22(19)31/h1-5,9,11-12,27,29,31,33H,6-8H2,(H2,25,32). The lowest BCUT2D eigenvalue weighted by Crippen LogP contribution is -2.58. The van der Waals surface area contributed by atoms with Crippen LogP contribution >= 0.6 is 0 Å². The molecule has 1 aromatic carbocycles. The van der Waals surface area contributed by atoms with E-state index >= 15 is 0 Å². The van der Waals surface area contributed by atoms with E-state index in [9.17, 15) is 34.8 Å². The molecule has 3 atom stereocenters. The van der Waals surface area contributed by atoms with Crippen LogP contribution in [0.3, 0.4) is 0 Å². The van der Waals surface area contributed by atoms with Crippen molar-refractivity contribution in [3.8, 4) is 16.9 Å². The summed E-state index contributed by atoms with van der Waals surface area (Å²) in [4.78, 5) is 41.7. The number of phenols is 1. The number of hydrogen-bond acceptors (Lipinski definition) is 8. The average molecular weight is 448 g/mol. The molecule has 6 N–H and O–H groups in total. The first kappa shape index (κ1) is 20.9. The van der Waals surface area contributed by atoms with Gasteiger partial charge in [-0.15, -0.1) is 0 Å². The van der Waals surface area contributed by atoms with Crippen molar-refractivity contribution in [1.82, 2.24) is 4.98 Å². The highest BCUT2D eigenvalue weighted by Gasteiger charge is 2.60. The second-order valence-electron chi connectivity index (χ2n) is 8.63. The van der Waals surface area contributed by atoms with Gasteiger partial charge in [-0.25, -0.2) is 0 Å². The number of nitrogens with two attached hydrogens (primary N) is 1. The first-order valence-electron chi connectivity index (χ1n) is 10.4. The zero-order valence-corrected chi connectivity index (χ0v) is 17.3. The van der Waals surface area contributed by atoms with E-state index in [-0.39, 0.29) is 36.1 Å². The summed E-state index contributed by atoms with van der Waals surface area (Å²) in [5.74, 6) is -6.42. The maximum absolute atomic E-state index is 13.5. The summed E-state index contributed by atoms with van der Waals surface area (Å²) in [6.45, 7) is 0. The number of Topliss-reactive ketones (excluding diaryl/α,β-unsaturated/α-hetero) is 2. The lowest BCUT2D eigenvalue weighted by atomic mass is 9.59. The molecule has 1 saturated carbocycles. The number of aromatic nitrogens is 1. The van der Waals surface area contributed by atoms with Crippen LogP contribution in [0.5, 0.6) is 5.75 Å². The molecule has 33 heavy (non-hydrogen) atoms. The van der Waals surface area contributed by atoms with Crippen molar-refractivity contribution in [3.05, 3.63) is 64.7 Å². The molecule has 168 valence electrons. The number of carbonyl (C=O) groups is 3. The molecule has 0 radical (unpaired) electrons. The van der Waals surface area contributed by atoms with Gasteiger partial charge in [0.05, 0.1) is 5.56 Å². The fourth-order valence-corrected chi connectivity index (χ4v) is 5.41. The molecule has 1 fully saturated rings. The predicted molar refractivity (Wildman–Crippen MR) is 115 cm³/mol. The normalized spacial score (nSPS) is 26.6. The van der Waals surface area contributed by atoms with Crippen LogP contribution in [0.15, 0.2) is 53.6 Å². The summed E-state index contributed by atoms with van der Waals surface area (Å²) in [7, 11) is 0. The number of ketones is 2. The average Bonchev–Trinajstić information content (AvgIpc) is 2.76. The molecule has 9 heteroatoms. The van der Waals surface area contributed by atoms with Gasteiger partial charge in [-0.05, 0) is 42.0 Å². The van der Waals surface area contributed by atoms with Crippen molar-refractivity contribution < 1.29 is 34.8 Å². The molecule has 0 aliphatic heterocycles. The third-order valence-corrected chi connectivity index (χ3v) is 6.92. The molecular weight excluding hydrogens is 428 g/mol. The molecular formula is C24H20N2O7. The maximum atomic E-state index is 13.5. The Morgan fingerprint density at radius 3 is 2.55 bits per heavy atom. The highest BCUT2D eigenvalue weighted by molar-refractivity contribution is 6.22. The van der Waals surface area contributed by atoms with Crippen LogP contribution in [-0.4, -0.2) is 48.5 Å². The summed E-state index contributed by atoms with van der Waals surface area (Å²) in [6, 6.07) is 6.67. The predicted octanol–water partition coefficient (Wildman–Crippen LogP) is 1.49. The van der Waals surface area contributed by atoms with E-state index in [1.54, 1.807) is 24.5 Å². The molecule has 3 aliphatic carbocycles. The SMILES string of the molecule is NC(=O)C1=C(O)C2(O)C(=O)C3=C(O)c4c(O)ccc(-c5cccnc5)c4CC3CC2CC1=O. The van der Waals surface area contributed by atoms with Gasteiger partial charge in [0.2, 0.25) is 5.78 Å². The Kier molecular flexibility index (Phi) is 4.44. The Hall–Kier alpha value is -3.98. The van der Waals surface area contributed by atoms with E-state index in [1.165, 1.54) is 6.07 Å². The number of hydrogen-bond donors (Lipinski definition) is 5. The summed E-state index contributed by atoms with van der Waals surface area (Å²) < 4.78 is 0. The van der Waals surface area contributed by atoms with Gasteiger partial charge in [0.25, 0.3) is 5.91 Å². The Labute approximate surface area is 187 Å². The van der Waals surface area contributed by atoms with Gasteiger partial charge in [0, 0.05) is 35.9 Å². The number of pyridine rings is 1. The van der Waals surface area contributed by atoms with E-state index in [2.05, 4.69) is 4.98 Å². The zero-order chi connectivity index (χ0) is 23.7. The van der Waals surface area contributed by atoms with Crippen LogP contribution in [-0.2, 0) is 20.8 Å². The molecule has 5 rings (SSSR count). The van der Waals surface area contributed by atoms with Gasteiger partial charge in [-0.3, -0.25) is 19.4 Å². The second-order valence-corrected chi connectivity index (χ2v) is 8.63. The first-order valence-corrected chi connectivity index (χ1v) is 10.4. The van der Waals surface area contributed by atoms with Crippen molar-refractivity contribution in [1.29, 1.82) is 0 Å². The molecule has 9 nitrogen and oxygen atoms in total. The molecule has 2 aromatic rings. The minimum Gasteiger partial charge on any atom is -0.508 e. The molecule has 1 heterocycles. The van der Waals surface area contributed by atoms with Crippen LogP contribution in [0.4, 0.5) is 0 Å². The lowest BCUT2D eigenvalue weighted by Gasteiger charge is -2.46. The van der Waals surface area contributed by atoms with Gasteiger partial charge in [-0.2, -0.15) is 0 Å². The Balaban J connectivity index is 1.72. The lowest BCUT2D eigenvalue weighted by molar-refractivity contribution is -0.147. The fourth-order valence-electron chi connectivity index (χ4n) is 5.41. The number of aliphatic hydroxyl groups excluding tert-OH is 2. The van der Waals surface area contributed by atoms with E-state index < -0.39 is 52.0 Å². The van der Waals surface area contributed by atoms with Crippen molar-refractivity contribution in [2.75, 3.05) is 0 Å². The third kappa shape index (κ3) is 2.75. The Morgan fingerprint density at radius 2 is 1.88 bits per heavy atom. The third-order valence-electron chi connectivity index (χ3n) is 6.92. The number of carbonyl (C=O) groups excluding carboxylic acids is 3. The van der Waals surface area contributed by atoms with Gasteiger partial charge in [0.15, 0.2) is 11.4 Å². The molecule has 1 amide bonds. The van der Waals surface area contributed by atoms with Crippen LogP contribution in [0, 0.1) is 11.8 Å². The number of aromatic hydroxyl groups is 1. The number of primary amides is 1. The molecule has 0 saturated heterocycles. The summed E-state index contributed by atoms with van der Waals surface area (Å²) in [5.41, 5.74) is 3.79. The Bertz CT molecular complexity index is 1310. The van der Waals surface area contributed by atoms with Gasteiger partial charge >= 0.3 is 0 Å². The minimum absolute atomic E-state index is 0.0588. The van der Waals surface area contributed by atoms with E-state index in [4.69, 9.17) is 5.73 Å². The molecule has 3 aliphatic rings. The number of phenolic OH excluding ortho intramolecular Hbond substituents is 1. The first-order chi connectivity index (χ1) is 15.7. The van der Waals surface area contributed by atoms with Crippen LogP contribution < -0.4 is 5.73 Å². The number of rotatable bonds is 2. The molecule has 0 bridgehead atoms.